The third kappa shape index (κ3) is 8.48. The summed E-state index contributed by atoms with van der Waals surface area (Å²) in [5.74, 6) is -0.167. The van der Waals surface area contributed by atoms with Gasteiger partial charge in [0.2, 0.25) is 5.91 Å². The molecule has 0 heterocycles. The molecule has 0 bridgehead atoms. The van der Waals surface area contributed by atoms with Gasteiger partial charge in [0, 0.05) is 29.9 Å². The number of methoxy groups -OCH3 is 1. The molecule has 0 fully saturated rings. The van der Waals surface area contributed by atoms with Crippen LogP contribution >= 0.6 is 24.8 Å². The molecule has 0 aliphatic carbocycles. The molecule has 0 saturated heterocycles. The fraction of sp³-hybridized carbons (Fsp3) is 0.211. The Morgan fingerprint density at radius 1 is 1.10 bits per heavy atom. The van der Waals surface area contributed by atoms with Crippen LogP contribution in [0.25, 0.3) is 0 Å². The van der Waals surface area contributed by atoms with Crippen LogP contribution in [0, 0.1) is 10.1 Å². The van der Waals surface area contributed by atoms with E-state index in [0.717, 1.165) is 5.69 Å². The minimum absolute atomic E-state index is 0.0358. The van der Waals surface area contributed by atoms with Gasteiger partial charge in [-0.05, 0) is 48.6 Å². The van der Waals surface area contributed by atoms with E-state index in [4.69, 9.17) is 17.0 Å². The number of nitro groups is 1. The van der Waals surface area contributed by atoms with Gasteiger partial charge < -0.3 is 15.4 Å². The molecule has 0 spiro atoms. The van der Waals surface area contributed by atoms with Gasteiger partial charge in [-0.15, -0.1) is 0 Å². The van der Waals surface area contributed by atoms with E-state index < -0.39 is 16.2 Å². The lowest BCUT2D eigenvalue weighted by atomic mass is 10.2. The molecule has 4 N–H and O–H groups in total. The average Bonchev–Trinajstić information content (AvgIpc) is 2.73. The molecule has 2 aromatic carbocycles. The summed E-state index contributed by atoms with van der Waals surface area (Å²) in [4.78, 5) is 34.1. The minimum Gasteiger partial charge on any atom is -0.497 e. The third-order valence-corrected chi connectivity index (χ3v) is 4.37. The van der Waals surface area contributed by atoms with Crippen LogP contribution in [0.15, 0.2) is 48.5 Å². The minimum atomic E-state index is -0.567. The molecule has 31 heavy (non-hydrogen) atoms. The number of anilines is 2. The van der Waals surface area contributed by atoms with Gasteiger partial charge in [-0.25, -0.2) is 0 Å². The summed E-state index contributed by atoms with van der Waals surface area (Å²) in [6.45, 7) is 0. The number of nitrogens with zero attached hydrogens (tertiary/aromatic N) is 1. The van der Waals surface area contributed by atoms with Crippen molar-refractivity contribution in [1.29, 1.82) is 0 Å². The first-order valence-corrected chi connectivity index (χ1v) is 9.90. The highest BCUT2D eigenvalue weighted by Crippen LogP contribution is 2.18. The van der Waals surface area contributed by atoms with E-state index in [9.17, 15) is 19.7 Å². The number of hydrogen-bond donors (Lipinski definition) is 5. The van der Waals surface area contributed by atoms with Gasteiger partial charge in [0.05, 0.1) is 23.8 Å². The molecule has 164 valence electrons. The molecule has 2 rings (SSSR count). The number of nitro benzene ring substituents is 1. The molecule has 0 radical (unpaired) electrons. The van der Waals surface area contributed by atoms with Gasteiger partial charge in [-0.2, -0.15) is 12.6 Å². The molecule has 1 unspecified atom stereocenters. The van der Waals surface area contributed by atoms with Crippen molar-refractivity contribution in [3.8, 4) is 5.75 Å². The Morgan fingerprint density at radius 3 is 2.29 bits per heavy atom. The summed E-state index contributed by atoms with van der Waals surface area (Å²) in [5, 5.41) is 16.0. The molecule has 0 aliphatic rings. The summed E-state index contributed by atoms with van der Waals surface area (Å²) in [7, 11) is 1.57. The van der Waals surface area contributed by atoms with E-state index in [1.807, 2.05) is 0 Å². The summed E-state index contributed by atoms with van der Waals surface area (Å²) >= 11 is 9.35. The lowest BCUT2D eigenvalue weighted by Gasteiger charge is -2.14. The maximum Gasteiger partial charge on any atom is 0.269 e. The van der Waals surface area contributed by atoms with Crippen molar-refractivity contribution >= 4 is 58.7 Å². The molecular weight excluding hydrogens is 442 g/mol. The van der Waals surface area contributed by atoms with E-state index in [-0.39, 0.29) is 29.4 Å². The second-order valence-electron chi connectivity index (χ2n) is 6.24. The Bertz CT molecular complexity index is 938. The Labute approximate surface area is 189 Å². The number of hydrazine groups is 1. The van der Waals surface area contributed by atoms with E-state index in [1.165, 1.54) is 24.3 Å². The molecule has 0 saturated carbocycles. The normalized spacial score (nSPS) is 11.0. The number of rotatable bonds is 9. The molecule has 2 aromatic rings. The molecule has 0 aliphatic heterocycles. The van der Waals surface area contributed by atoms with Gasteiger partial charge in [0.1, 0.15) is 11.5 Å². The standard InChI is InChI=1S/C19H21N5O5S2/c1-29-16-8-4-12(5-9-16)20-18(30)11-15(25)10-17(26)22-23-19(31)21-13-2-6-14(7-3-13)24(27)28/h2-9,18,20,30H,10-11H2,1H3,(H,22,26)(H2,21,23,31). The Morgan fingerprint density at radius 2 is 1.71 bits per heavy atom. The second-order valence-corrected chi connectivity index (χ2v) is 7.27. The molecular formula is C19H21N5O5S2. The van der Waals surface area contributed by atoms with Gasteiger partial charge in [-0.1, -0.05) is 0 Å². The smallest absolute Gasteiger partial charge is 0.269 e. The maximum atomic E-state index is 12.1. The highest BCUT2D eigenvalue weighted by molar-refractivity contribution is 7.81. The number of carbonyl (C=O) groups is 2. The number of ether oxygens (including phenoxy) is 1. The third-order valence-electron chi connectivity index (χ3n) is 3.85. The number of amides is 1. The van der Waals surface area contributed by atoms with Crippen molar-refractivity contribution in [2.24, 2.45) is 0 Å². The first-order valence-electron chi connectivity index (χ1n) is 8.97. The van der Waals surface area contributed by atoms with E-state index in [0.29, 0.717) is 11.4 Å². The van der Waals surface area contributed by atoms with Crippen LogP contribution in [0.1, 0.15) is 12.8 Å². The highest BCUT2D eigenvalue weighted by Gasteiger charge is 2.14. The number of non-ortho nitro benzene ring substituents is 1. The number of Topliss-reactive ketones (excluding diaryl/α,β-unsaturated/α-hetero) is 1. The average molecular weight is 464 g/mol. The SMILES string of the molecule is COc1ccc(NC(S)CC(=O)CC(=O)NNC(=S)Nc2ccc([N+](=O)[O-])cc2)cc1. The van der Waals surface area contributed by atoms with Gasteiger partial charge in [0.25, 0.3) is 5.69 Å². The van der Waals surface area contributed by atoms with Crippen LogP contribution in [0.5, 0.6) is 5.75 Å². The van der Waals surface area contributed by atoms with E-state index in [2.05, 4.69) is 34.1 Å². The first kappa shape index (κ1) is 23.9. The second kappa shape index (κ2) is 11.7. The topological polar surface area (TPSA) is 135 Å². The van der Waals surface area contributed by atoms with Crippen molar-refractivity contribution < 1.29 is 19.2 Å². The number of hydrogen-bond acceptors (Lipinski definition) is 8. The van der Waals surface area contributed by atoms with Gasteiger partial charge >= 0.3 is 0 Å². The van der Waals surface area contributed by atoms with Crippen molar-refractivity contribution in [2.75, 3.05) is 17.7 Å². The van der Waals surface area contributed by atoms with Crippen LogP contribution in [-0.4, -0.2) is 34.2 Å². The zero-order valence-corrected chi connectivity index (χ0v) is 18.2. The van der Waals surface area contributed by atoms with Crippen molar-refractivity contribution in [3.63, 3.8) is 0 Å². The zero-order chi connectivity index (χ0) is 22.8. The Balaban J connectivity index is 1.70. The van der Waals surface area contributed by atoms with Crippen molar-refractivity contribution in [3.05, 3.63) is 58.6 Å². The van der Waals surface area contributed by atoms with Crippen LogP contribution in [0.2, 0.25) is 0 Å². The van der Waals surface area contributed by atoms with Crippen LogP contribution < -0.4 is 26.2 Å². The first-order chi connectivity index (χ1) is 14.8. The molecule has 1 atom stereocenters. The number of carbonyl (C=O) groups excluding carboxylic acids is 2. The monoisotopic (exact) mass is 463 g/mol. The number of thiol groups is 1. The lowest BCUT2D eigenvalue weighted by Crippen LogP contribution is -2.44. The number of thiocarbonyl (C=S) groups is 1. The Hall–Kier alpha value is -3.38. The van der Waals surface area contributed by atoms with E-state index in [1.54, 1.807) is 31.4 Å². The lowest BCUT2D eigenvalue weighted by molar-refractivity contribution is -0.384. The quantitative estimate of drug-likeness (QED) is 0.0950. The molecule has 0 aromatic heterocycles. The molecule has 1 amide bonds. The molecule has 12 heteroatoms. The summed E-state index contributed by atoms with van der Waals surface area (Å²) in [6.07, 6.45) is -0.317. The summed E-state index contributed by atoms with van der Waals surface area (Å²) < 4.78 is 5.08. The van der Waals surface area contributed by atoms with Crippen LogP contribution in [-0.2, 0) is 9.59 Å². The van der Waals surface area contributed by atoms with Crippen molar-refractivity contribution in [1.82, 2.24) is 10.9 Å². The number of ketones is 1. The van der Waals surface area contributed by atoms with E-state index >= 15 is 0 Å². The van der Waals surface area contributed by atoms with Crippen LogP contribution in [0.3, 0.4) is 0 Å². The van der Waals surface area contributed by atoms with Gasteiger partial charge in [-0.3, -0.25) is 30.6 Å². The maximum absolute atomic E-state index is 12.1. The van der Waals surface area contributed by atoms with Crippen LogP contribution in [0.4, 0.5) is 17.1 Å². The summed E-state index contributed by atoms with van der Waals surface area (Å²) in [6, 6.07) is 12.7. The zero-order valence-electron chi connectivity index (χ0n) is 16.5. The predicted octanol–water partition coefficient (Wildman–Crippen LogP) is 2.64. The molecule has 10 nitrogen and oxygen atoms in total. The van der Waals surface area contributed by atoms with Crippen molar-refractivity contribution in [2.45, 2.75) is 18.2 Å². The fourth-order valence-electron chi connectivity index (χ4n) is 2.40. The summed E-state index contributed by atoms with van der Waals surface area (Å²) in [5.41, 5.74) is 5.99. The Kier molecular flexibility index (Phi) is 9.03. The number of nitrogens with one attached hydrogen (secondary N) is 4. The fourth-order valence-corrected chi connectivity index (χ4v) is 2.92. The largest absolute Gasteiger partial charge is 0.497 e. The highest BCUT2D eigenvalue weighted by atomic mass is 32.1. The predicted molar refractivity (Wildman–Crippen MR) is 124 cm³/mol. The van der Waals surface area contributed by atoms with Gasteiger partial charge in [0.15, 0.2) is 5.11 Å². The number of benzene rings is 2.